The maximum atomic E-state index is 13.4. The van der Waals surface area contributed by atoms with Crippen LogP contribution in [0.2, 0.25) is 0 Å². The molecule has 0 aliphatic carbocycles. The first-order valence-electron chi connectivity index (χ1n) is 9.23. The van der Waals surface area contributed by atoms with Crippen LogP contribution in [0.5, 0.6) is 11.5 Å². The van der Waals surface area contributed by atoms with Gasteiger partial charge in [-0.2, -0.15) is 26.3 Å². The molecule has 0 fully saturated rings. The van der Waals surface area contributed by atoms with Crippen LogP contribution in [0.4, 0.5) is 32.0 Å². The van der Waals surface area contributed by atoms with Crippen LogP contribution in [-0.2, 0) is 12.4 Å². The van der Waals surface area contributed by atoms with Gasteiger partial charge in [-0.05, 0) is 48.5 Å². The molecule has 0 aliphatic heterocycles. The van der Waals surface area contributed by atoms with E-state index in [1.807, 2.05) is 0 Å². The lowest BCUT2D eigenvalue weighted by Crippen LogP contribution is -2.14. The third-order valence-electron chi connectivity index (χ3n) is 4.59. The van der Waals surface area contributed by atoms with Crippen molar-refractivity contribution < 1.29 is 40.6 Å². The van der Waals surface area contributed by atoms with Crippen molar-refractivity contribution >= 4 is 11.6 Å². The van der Waals surface area contributed by atoms with Crippen LogP contribution in [0, 0.1) is 0 Å². The predicted octanol–water partition coefficient (Wildman–Crippen LogP) is 6.06. The Labute approximate surface area is 184 Å². The molecular weight excluding hydrogens is 454 g/mol. The molecule has 5 nitrogen and oxygen atoms in total. The number of carbonyl (C=O) groups is 1. The molecule has 1 N–H and O–H groups in total. The van der Waals surface area contributed by atoms with Crippen LogP contribution in [0.3, 0.4) is 0 Å². The lowest BCUT2D eigenvalue weighted by atomic mass is 10.0. The minimum Gasteiger partial charge on any atom is -0.496 e. The highest BCUT2D eigenvalue weighted by Gasteiger charge is 2.36. The number of hydrogen-bond acceptors (Lipinski definition) is 4. The van der Waals surface area contributed by atoms with Gasteiger partial charge in [0.25, 0.3) is 5.91 Å². The number of benzene rings is 2. The summed E-state index contributed by atoms with van der Waals surface area (Å²) in [4.78, 5) is 16.4. The molecule has 0 spiro atoms. The summed E-state index contributed by atoms with van der Waals surface area (Å²) in [5.74, 6) is -1.28. The maximum Gasteiger partial charge on any atom is 0.420 e. The summed E-state index contributed by atoms with van der Waals surface area (Å²) in [6.07, 6.45) is -8.20. The average Bonchev–Trinajstić information content (AvgIpc) is 2.77. The number of pyridine rings is 1. The quantitative estimate of drug-likeness (QED) is 0.461. The first-order chi connectivity index (χ1) is 15.5. The highest BCUT2D eigenvalue weighted by molar-refractivity contribution is 6.05. The topological polar surface area (TPSA) is 60.5 Å². The second-order valence-electron chi connectivity index (χ2n) is 6.68. The Hall–Kier alpha value is -3.76. The number of halogens is 6. The minimum absolute atomic E-state index is 0.00854. The van der Waals surface area contributed by atoms with Gasteiger partial charge in [-0.1, -0.05) is 0 Å². The molecule has 0 bridgehead atoms. The Kier molecular flexibility index (Phi) is 6.52. The van der Waals surface area contributed by atoms with E-state index in [0.717, 1.165) is 25.3 Å². The molecule has 33 heavy (non-hydrogen) atoms. The van der Waals surface area contributed by atoms with E-state index in [1.165, 1.54) is 37.6 Å². The SMILES string of the molecule is COc1cc(C(=O)Nc2ccc(OC)c(C(F)(F)F)c2)ccc1-c1ncccc1C(F)(F)F. The molecule has 1 heterocycles. The molecule has 0 atom stereocenters. The fourth-order valence-corrected chi connectivity index (χ4v) is 3.09. The molecule has 0 aliphatic rings. The molecular formula is C22H16F6N2O3. The summed E-state index contributed by atoms with van der Waals surface area (Å²) in [5.41, 5.74) is -2.67. The van der Waals surface area contributed by atoms with E-state index in [1.54, 1.807) is 0 Å². The monoisotopic (exact) mass is 470 g/mol. The summed E-state index contributed by atoms with van der Waals surface area (Å²) < 4.78 is 89.5. The Morgan fingerprint density at radius 2 is 1.52 bits per heavy atom. The highest BCUT2D eigenvalue weighted by atomic mass is 19.4. The molecule has 1 amide bonds. The van der Waals surface area contributed by atoms with Crippen LogP contribution in [0.15, 0.2) is 54.7 Å². The van der Waals surface area contributed by atoms with Crippen molar-refractivity contribution in [3.05, 3.63) is 71.4 Å². The lowest BCUT2D eigenvalue weighted by Gasteiger charge is -2.16. The summed E-state index contributed by atoms with van der Waals surface area (Å²) in [6.45, 7) is 0. The average molecular weight is 470 g/mol. The van der Waals surface area contributed by atoms with Crippen molar-refractivity contribution in [2.24, 2.45) is 0 Å². The van der Waals surface area contributed by atoms with Gasteiger partial charge in [0.15, 0.2) is 0 Å². The smallest absolute Gasteiger partial charge is 0.420 e. The van der Waals surface area contributed by atoms with Crippen LogP contribution in [0.25, 0.3) is 11.3 Å². The summed E-state index contributed by atoms with van der Waals surface area (Å²) >= 11 is 0. The Bertz CT molecular complexity index is 1180. The first kappa shape index (κ1) is 23.9. The van der Waals surface area contributed by atoms with Crippen molar-refractivity contribution in [1.29, 1.82) is 0 Å². The number of nitrogens with zero attached hydrogens (tertiary/aromatic N) is 1. The number of alkyl halides is 6. The van der Waals surface area contributed by atoms with Crippen molar-refractivity contribution in [2.75, 3.05) is 19.5 Å². The van der Waals surface area contributed by atoms with E-state index in [2.05, 4.69) is 10.3 Å². The van der Waals surface area contributed by atoms with Gasteiger partial charge < -0.3 is 14.8 Å². The molecule has 3 rings (SSSR count). The number of methoxy groups -OCH3 is 2. The maximum absolute atomic E-state index is 13.4. The van der Waals surface area contributed by atoms with E-state index in [-0.39, 0.29) is 22.6 Å². The second kappa shape index (κ2) is 9.00. The molecule has 0 radical (unpaired) electrons. The Morgan fingerprint density at radius 3 is 2.12 bits per heavy atom. The van der Waals surface area contributed by atoms with E-state index in [9.17, 15) is 31.1 Å². The standard InChI is InChI=1S/C22H16F6N2O3/c1-32-17-8-6-13(11-16(17)22(26,27)28)30-20(31)12-5-7-14(18(10-12)33-2)19-15(21(23,24)25)4-3-9-29-19/h3-11H,1-2H3,(H,30,31). The highest BCUT2D eigenvalue weighted by Crippen LogP contribution is 2.40. The van der Waals surface area contributed by atoms with Crippen molar-refractivity contribution in [1.82, 2.24) is 4.98 Å². The van der Waals surface area contributed by atoms with Crippen LogP contribution in [0.1, 0.15) is 21.5 Å². The number of rotatable bonds is 5. The van der Waals surface area contributed by atoms with Gasteiger partial charge in [0.2, 0.25) is 0 Å². The number of aromatic nitrogens is 1. The normalized spacial score (nSPS) is 11.8. The zero-order valence-corrected chi connectivity index (χ0v) is 17.1. The molecule has 2 aromatic carbocycles. The zero-order valence-electron chi connectivity index (χ0n) is 17.1. The van der Waals surface area contributed by atoms with Gasteiger partial charge in [0.05, 0.1) is 31.0 Å². The predicted molar refractivity (Wildman–Crippen MR) is 107 cm³/mol. The molecule has 0 saturated heterocycles. The first-order valence-corrected chi connectivity index (χ1v) is 9.23. The van der Waals surface area contributed by atoms with E-state index < -0.39 is 40.8 Å². The van der Waals surface area contributed by atoms with Crippen LogP contribution >= 0.6 is 0 Å². The number of amides is 1. The molecule has 0 unspecified atom stereocenters. The minimum atomic E-state index is -4.71. The number of hydrogen-bond donors (Lipinski definition) is 1. The van der Waals surface area contributed by atoms with Gasteiger partial charge in [0.1, 0.15) is 11.5 Å². The van der Waals surface area contributed by atoms with E-state index >= 15 is 0 Å². The number of carbonyl (C=O) groups excluding carboxylic acids is 1. The van der Waals surface area contributed by atoms with Gasteiger partial charge >= 0.3 is 12.4 Å². The summed E-state index contributed by atoms with van der Waals surface area (Å²) in [5, 5.41) is 2.32. The van der Waals surface area contributed by atoms with Crippen molar-refractivity contribution in [2.45, 2.75) is 12.4 Å². The second-order valence-corrected chi connectivity index (χ2v) is 6.68. The zero-order chi connectivity index (χ0) is 24.4. The van der Waals surface area contributed by atoms with Gasteiger partial charge in [-0.3, -0.25) is 9.78 Å². The fourth-order valence-electron chi connectivity index (χ4n) is 3.09. The van der Waals surface area contributed by atoms with Gasteiger partial charge in [0, 0.05) is 23.0 Å². The molecule has 11 heteroatoms. The van der Waals surface area contributed by atoms with Gasteiger partial charge in [-0.25, -0.2) is 0 Å². The van der Waals surface area contributed by atoms with Crippen molar-refractivity contribution in [3.8, 4) is 22.8 Å². The third kappa shape index (κ3) is 5.18. The van der Waals surface area contributed by atoms with E-state index in [4.69, 9.17) is 9.47 Å². The van der Waals surface area contributed by atoms with Gasteiger partial charge in [-0.15, -0.1) is 0 Å². The van der Waals surface area contributed by atoms with Crippen LogP contribution < -0.4 is 14.8 Å². The van der Waals surface area contributed by atoms with Crippen LogP contribution in [-0.4, -0.2) is 25.1 Å². The molecule has 3 aromatic rings. The number of nitrogens with one attached hydrogen (secondary N) is 1. The largest absolute Gasteiger partial charge is 0.496 e. The fraction of sp³-hybridized carbons (Fsp3) is 0.182. The summed E-state index contributed by atoms with van der Waals surface area (Å²) in [7, 11) is 2.29. The Morgan fingerprint density at radius 1 is 0.848 bits per heavy atom. The lowest BCUT2D eigenvalue weighted by molar-refractivity contribution is -0.139. The number of ether oxygens (including phenoxy) is 2. The molecule has 0 saturated carbocycles. The third-order valence-corrected chi connectivity index (χ3v) is 4.59. The molecule has 174 valence electrons. The number of anilines is 1. The van der Waals surface area contributed by atoms with Crippen molar-refractivity contribution in [3.63, 3.8) is 0 Å². The van der Waals surface area contributed by atoms with E-state index in [0.29, 0.717) is 6.07 Å². The Balaban J connectivity index is 1.95. The molecule has 1 aromatic heterocycles. The summed E-state index contributed by atoms with van der Waals surface area (Å²) in [6, 6.07) is 8.62.